The van der Waals surface area contributed by atoms with Gasteiger partial charge in [0.2, 0.25) is 15.9 Å². The molecule has 2 rings (SSSR count). The van der Waals surface area contributed by atoms with Crippen LogP contribution in [0.5, 0.6) is 11.5 Å². The number of methoxy groups -OCH3 is 1. The molecule has 0 atom stereocenters. The summed E-state index contributed by atoms with van der Waals surface area (Å²) in [7, 11) is -2.25. The summed E-state index contributed by atoms with van der Waals surface area (Å²) < 4.78 is 49.4. The van der Waals surface area contributed by atoms with Crippen molar-refractivity contribution in [3.05, 3.63) is 53.8 Å². The molecule has 0 bridgehead atoms. The highest BCUT2D eigenvalue weighted by molar-refractivity contribution is 7.92. The van der Waals surface area contributed by atoms with Gasteiger partial charge in [0.25, 0.3) is 0 Å². The van der Waals surface area contributed by atoms with Gasteiger partial charge in [-0.25, -0.2) is 12.8 Å². The molecule has 0 radical (unpaired) electrons. The van der Waals surface area contributed by atoms with Gasteiger partial charge in [-0.15, -0.1) is 0 Å². The largest absolute Gasteiger partial charge is 0.493 e. The minimum absolute atomic E-state index is 0.0146. The number of hydrogen-bond donors (Lipinski definition) is 1. The second-order valence-electron chi connectivity index (χ2n) is 6.68. The number of carbonyl (C=O) groups is 1. The second kappa shape index (κ2) is 9.60. The molecular weight excluding hydrogens is 399 g/mol. The molecule has 0 aliphatic rings. The highest BCUT2D eigenvalue weighted by atomic mass is 32.2. The van der Waals surface area contributed by atoms with E-state index in [0.29, 0.717) is 11.5 Å². The number of halogens is 1. The lowest BCUT2D eigenvalue weighted by atomic mass is 10.2. The second-order valence-corrected chi connectivity index (χ2v) is 8.58. The van der Waals surface area contributed by atoms with Gasteiger partial charge in [0.15, 0.2) is 11.5 Å². The first-order valence-electron chi connectivity index (χ1n) is 8.93. The van der Waals surface area contributed by atoms with E-state index in [1.165, 1.54) is 25.3 Å². The van der Waals surface area contributed by atoms with E-state index in [1.807, 2.05) is 13.8 Å². The Bertz CT molecular complexity index is 963. The molecule has 0 aromatic heterocycles. The average Bonchev–Trinajstić information content (AvgIpc) is 2.63. The quantitative estimate of drug-likeness (QED) is 0.669. The molecule has 2 aromatic carbocycles. The fraction of sp³-hybridized carbons (Fsp3) is 0.350. The van der Waals surface area contributed by atoms with Gasteiger partial charge in [0, 0.05) is 6.54 Å². The monoisotopic (exact) mass is 424 g/mol. The van der Waals surface area contributed by atoms with E-state index < -0.39 is 28.3 Å². The lowest BCUT2D eigenvalue weighted by Gasteiger charge is -2.22. The number of amides is 1. The smallest absolute Gasteiger partial charge is 0.241 e. The molecule has 2 aromatic rings. The lowest BCUT2D eigenvalue weighted by molar-refractivity contribution is -0.119. The van der Waals surface area contributed by atoms with Crippen molar-refractivity contribution in [1.82, 2.24) is 5.32 Å². The fourth-order valence-electron chi connectivity index (χ4n) is 2.59. The summed E-state index contributed by atoms with van der Waals surface area (Å²) in [5.74, 6) is 0.00317. The Hall–Kier alpha value is -2.81. The molecule has 0 fully saturated rings. The third kappa shape index (κ3) is 6.63. The molecule has 1 amide bonds. The van der Waals surface area contributed by atoms with Gasteiger partial charge in [0.1, 0.15) is 12.4 Å². The third-order valence-electron chi connectivity index (χ3n) is 3.86. The Morgan fingerprint density at radius 3 is 2.48 bits per heavy atom. The Morgan fingerprint density at radius 1 is 1.17 bits per heavy atom. The maximum absolute atomic E-state index is 13.5. The molecule has 0 heterocycles. The predicted molar refractivity (Wildman–Crippen MR) is 109 cm³/mol. The van der Waals surface area contributed by atoms with Crippen molar-refractivity contribution in [3.63, 3.8) is 0 Å². The number of rotatable bonds is 9. The number of anilines is 1. The van der Waals surface area contributed by atoms with Crippen LogP contribution in [0.3, 0.4) is 0 Å². The number of nitrogens with one attached hydrogen (secondary N) is 1. The molecule has 7 nitrogen and oxygen atoms in total. The van der Waals surface area contributed by atoms with Gasteiger partial charge in [-0.1, -0.05) is 12.1 Å². The summed E-state index contributed by atoms with van der Waals surface area (Å²) in [6, 6.07) is 10.3. The highest BCUT2D eigenvalue weighted by Crippen LogP contribution is 2.29. The van der Waals surface area contributed by atoms with Gasteiger partial charge >= 0.3 is 0 Å². The normalized spacial score (nSPS) is 11.2. The summed E-state index contributed by atoms with van der Waals surface area (Å²) in [5, 5.41) is 2.66. The number of hydrogen-bond acceptors (Lipinski definition) is 5. The molecule has 0 aliphatic carbocycles. The fourth-order valence-corrected chi connectivity index (χ4v) is 3.44. The standard InChI is InChI=1S/C20H25FN2O5S/c1-14(2)28-18-9-8-15(10-19(18)27-3)12-22-20(24)13-23(29(4,25)26)17-7-5-6-16(21)11-17/h5-11,14H,12-13H2,1-4H3,(H,22,24). The van der Waals surface area contributed by atoms with Gasteiger partial charge in [-0.2, -0.15) is 0 Å². The van der Waals surface area contributed by atoms with Crippen LogP contribution in [0.4, 0.5) is 10.1 Å². The first-order chi connectivity index (χ1) is 13.6. The molecule has 0 unspecified atom stereocenters. The van der Waals surface area contributed by atoms with Crippen molar-refractivity contribution in [3.8, 4) is 11.5 Å². The summed E-state index contributed by atoms with van der Waals surface area (Å²) in [5.41, 5.74) is 0.836. The predicted octanol–water partition coefficient (Wildman–Crippen LogP) is 2.70. The van der Waals surface area contributed by atoms with Gasteiger partial charge in [0.05, 0.1) is 25.2 Å². The zero-order valence-corrected chi connectivity index (χ0v) is 17.6. The Kier molecular flexibility index (Phi) is 7.44. The first kappa shape index (κ1) is 22.5. The lowest BCUT2D eigenvalue weighted by Crippen LogP contribution is -2.40. The van der Waals surface area contributed by atoms with Crippen LogP contribution in [0.2, 0.25) is 0 Å². The molecule has 0 saturated carbocycles. The summed E-state index contributed by atoms with van der Waals surface area (Å²) in [4.78, 5) is 12.3. The van der Waals surface area contributed by atoms with E-state index in [1.54, 1.807) is 18.2 Å². The highest BCUT2D eigenvalue weighted by Gasteiger charge is 2.21. The molecule has 0 aliphatic heterocycles. The van der Waals surface area contributed by atoms with Crippen LogP contribution in [0.1, 0.15) is 19.4 Å². The summed E-state index contributed by atoms with van der Waals surface area (Å²) >= 11 is 0. The van der Waals surface area contributed by atoms with Crippen LogP contribution in [0.15, 0.2) is 42.5 Å². The van der Waals surface area contributed by atoms with E-state index >= 15 is 0 Å². The van der Waals surface area contributed by atoms with Crippen LogP contribution >= 0.6 is 0 Å². The van der Waals surface area contributed by atoms with E-state index in [9.17, 15) is 17.6 Å². The van der Waals surface area contributed by atoms with Gasteiger partial charge in [-0.3, -0.25) is 9.10 Å². The van der Waals surface area contributed by atoms with Crippen molar-refractivity contribution < 1.29 is 27.1 Å². The first-order valence-corrected chi connectivity index (χ1v) is 10.8. The topological polar surface area (TPSA) is 84.9 Å². The molecule has 0 saturated heterocycles. The van der Waals surface area contributed by atoms with Crippen LogP contribution in [0, 0.1) is 5.82 Å². The van der Waals surface area contributed by atoms with Crippen molar-refractivity contribution in [2.75, 3.05) is 24.2 Å². The molecule has 158 valence electrons. The van der Waals surface area contributed by atoms with E-state index in [2.05, 4.69) is 5.32 Å². The van der Waals surface area contributed by atoms with Crippen LogP contribution in [-0.4, -0.2) is 40.3 Å². The maximum atomic E-state index is 13.5. The van der Waals surface area contributed by atoms with E-state index in [-0.39, 0.29) is 18.3 Å². The van der Waals surface area contributed by atoms with Crippen molar-refractivity contribution >= 4 is 21.6 Å². The van der Waals surface area contributed by atoms with Crippen molar-refractivity contribution in [1.29, 1.82) is 0 Å². The minimum Gasteiger partial charge on any atom is -0.493 e. The number of carbonyl (C=O) groups excluding carboxylic acids is 1. The van der Waals surface area contributed by atoms with Gasteiger partial charge in [-0.05, 0) is 49.7 Å². The third-order valence-corrected chi connectivity index (χ3v) is 5.00. The number of benzene rings is 2. The van der Waals surface area contributed by atoms with Gasteiger partial charge < -0.3 is 14.8 Å². The molecule has 0 spiro atoms. The molecular formula is C20H25FN2O5S. The Balaban J connectivity index is 2.07. The molecule has 29 heavy (non-hydrogen) atoms. The molecule has 9 heteroatoms. The Labute approximate surface area is 170 Å². The zero-order chi connectivity index (χ0) is 21.6. The molecule has 1 N–H and O–H groups in total. The van der Waals surface area contributed by atoms with Crippen molar-refractivity contribution in [2.24, 2.45) is 0 Å². The van der Waals surface area contributed by atoms with Crippen LogP contribution in [0.25, 0.3) is 0 Å². The number of sulfonamides is 1. The van der Waals surface area contributed by atoms with E-state index in [4.69, 9.17) is 9.47 Å². The number of nitrogens with zero attached hydrogens (tertiary/aromatic N) is 1. The van der Waals surface area contributed by atoms with Crippen molar-refractivity contribution in [2.45, 2.75) is 26.5 Å². The Morgan fingerprint density at radius 2 is 1.90 bits per heavy atom. The summed E-state index contributed by atoms with van der Waals surface area (Å²) in [6.45, 7) is 3.51. The zero-order valence-electron chi connectivity index (χ0n) is 16.8. The average molecular weight is 424 g/mol. The van der Waals surface area contributed by atoms with E-state index in [0.717, 1.165) is 22.2 Å². The number of ether oxygens (including phenoxy) is 2. The minimum atomic E-state index is -3.77. The summed E-state index contributed by atoms with van der Waals surface area (Å²) in [6.07, 6.45) is 0.947. The maximum Gasteiger partial charge on any atom is 0.241 e. The van der Waals surface area contributed by atoms with Crippen LogP contribution in [-0.2, 0) is 21.4 Å². The van der Waals surface area contributed by atoms with Crippen LogP contribution < -0.4 is 19.1 Å². The SMILES string of the molecule is COc1cc(CNC(=O)CN(c2cccc(F)c2)S(C)(=O)=O)ccc1OC(C)C.